The molecule has 0 aliphatic carbocycles. The molecule has 1 aromatic carbocycles. The first-order valence-corrected chi connectivity index (χ1v) is 5.29. The van der Waals surface area contributed by atoms with E-state index in [1.165, 1.54) is 12.1 Å². The second-order valence-electron chi connectivity index (χ2n) is 3.69. The van der Waals surface area contributed by atoms with Crippen LogP contribution in [0.15, 0.2) is 18.2 Å². The van der Waals surface area contributed by atoms with Crippen LogP contribution in [0.1, 0.15) is 10.4 Å². The van der Waals surface area contributed by atoms with Crippen LogP contribution < -0.4 is 4.90 Å². The van der Waals surface area contributed by atoms with Crippen molar-refractivity contribution in [3.05, 3.63) is 33.9 Å². The maximum absolute atomic E-state index is 11.0. The van der Waals surface area contributed by atoms with Crippen LogP contribution in [0.25, 0.3) is 0 Å². The molecule has 90 valence electrons. The summed E-state index contributed by atoms with van der Waals surface area (Å²) in [4.78, 5) is 23.3. The van der Waals surface area contributed by atoms with Gasteiger partial charge in [0.2, 0.25) is 0 Å². The number of benzene rings is 1. The second kappa shape index (κ2) is 4.92. The number of nitro benzene ring substituents is 1. The normalized spacial score (nSPS) is 15.6. The molecule has 1 saturated heterocycles. The number of para-hydroxylation sites is 1. The molecule has 0 unspecified atom stereocenters. The average molecular weight is 236 g/mol. The summed E-state index contributed by atoms with van der Waals surface area (Å²) in [6.45, 7) is 2.16. The van der Waals surface area contributed by atoms with E-state index in [0.717, 1.165) is 0 Å². The SMILES string of the molecule is O=Cc1cccc([N+](=O)[O-])c1N1CCOCC1. The number of morpholine rings is 1. The van der Waals surface area contributed by atoms with Crippen molar-refractivity contribution in [2.75, 3.05) is 31.2 Å². The zero-order valence-corrected chi connectivity index (χ0v) is 9.17. The molecule has 0 bridgehead atoms. The summed E-state index contributed by atoms with van der Waals surface area (Å²) >= 11 is 0. The highest BCUT2D eigenvalue weighted by molar-refractivity contribution is 5.89. The highest BCUT2D eigenvalue weighted by Crippen LogP contribution is 2.31. The molecule has 0 spiro atoms. The molecular formula is C11H12N2O4. The van der Waals surface area contributed by atoms with E-state index in [0.29, 0.717) is 43.8 Å². The Morgan fingerprint density at radius 2 is 2.06 bits per heavy atom. The Bertz CT molecular complexity index is 441. The molecule has 1 aromatic rings. The molecule has 1 aliphatic rings. The molecule has 1 heterocycles. The van der Waals surface area contributed by atoms with Crippen molar-refractivity contribution in [1.82, 2.24) is 0 Å². The Morgan fingerprint density at radius 1 is 1.35 bits per heavy atom. The molecule has 0 aromatic heterocycles. The number of aldehydes is 1. The van der Waals surface area contributed by atoms with E-state index >= 15 is 0 Å². The van der Waals surface area contributed by atoms with Gasteiger partial charge in [0.15, 0.2) is 6.29 Å². The van der Waals surface area contributed by atoms with E-state index in [-0.39, 0.29) is 5.69 Å². The second-order valence-corrected chi connectivity index (χ2v) is 3.69. The zero-order valence-electron chi connectivity index (χ0n) is 9.17. The van der Waals surface area contributed by atoms with Gasteiger partial charge in [-0.05, 0) is 6.07 Å². The molecular weight excluding hydrogens is 224 g/mol. The highest BCUT2D eigenvalue weighted by atomic mass is 16.6. The number of ether oxygens (including phenoxy) is 1. The Kier molecular flexibility index (Phi) is 3.34. The van der Waals surface area contributed by atoms with Gasteiger partial charge in [0, 0.05) is 24.7 Å². The van der Waals surface area contributed by atoms with Crippen molar-refractivity contribution in [1.29, 1.82) is 0 Å². The van der Waals surface area contributed by atoms with Crippen molar-refractivity contribution in [3.8, 4) is 0 Å². The molecule has 17 heavy (non-hydrogen) atoms. The fraction of sp³-hybridized carbons (Fsp3) is 0.364. The molecule has 1 aliphatic heterocycles. The van der Waals surface area contributed by atoms with Gasteiger partial charge in [-0.15, -0.1) is 0 Å². The van der Waals surface area contributed by atoms with Gasteiger partial charge in [-0.25, -0.2) is 0 Å². The maximum Gasteiger partial charge on any atom is 0.293 e. The quantitative estimate of drug-likeness (QED) is 0.448. The lowest BCUT2D eigenvalue weighted by atomic mass is 10.1. The third kappa shape index (κ3) is 2.26. The maximum atomic E-state index is 11.0. The lowest BCUT2D eigenvalue weighted by Gasteiger charge is -2.29. The van der Waals surface area contributed by atoms with E-state index in [9.17, 15) is 14.9 Å². The first-order chi connectivity index (χ1) is 8.24. The standard InChI is InChI=1S/C11H12N2O4/c14-8-9-2-1-3-10(13(15)16)11(9)12-4-6-17-7-5-12/h1-3,8H,4-7H2. The lowest BCUT2D eigenvalue weighted by Crippen LogP contribution is -2.37. The van der Waals surface area contributed by atoms with Crippen molar-refractivity contribution < 1.29 is 14.5 Å². The molecule has 0 atom stereocenters. The van der Waals surface area contributed by atoms with Crippen molar-refractivity contribution >= 4 is 17.7 Å². The fourth-order valence-corrected chi connectivity index (χ4v) is 1.92. The van der Waals surface area contributed by atoms with Gasteiger partial charge in [-0.3, -0.25) is 14.9 Å². The van der Waals surface area contributed by atoms with Crippen molar-refractivity contribution in [2.45, 2.75) is 0 Å². The van der Waals surface area contributed by atoms with Gasteiger partial charge in [0.05, 0.1) is 18.1 Å². The summed E-state index contributed by atoms with van der Waals surface area (Å²) in [5, 5.41) is 11.0. The van der Waals surface area contributed by atoms with E-state index in [1.54, 1.807) is 6.07 Å². The lowest BCUT2D eigenvalue weighted by molar-refractivity contribution is -0.384. The Hall–Kier alpha value is -1.95. The van der Waals surface area contributed by atoms with Crippen molar-refractivity contribution in [3.63, 3.8) is 0 Å². The minimum Gasteiger partial charge on any atom is -0.378 e. The summed E-state index contributed by atoms with van der Waals surface area (Å²) in [5.41, 5.74) is 0.716. The number of carbonyl (C=O) groups is 1. The van der Waals surface area contributed by atoms with Gasteiger partial charge in [0.25, 0.3) is 5.69 Å². The number of rotatable bonds is 3. The van der Waals surface area contributed by atoms with Gasteiger partial charge >= 0.3 is 0 Å². The molecule has 0 radical (unpaired) electrons. The van der Waals surface area contributed by atoms with Crippen LogP contribution in [0.4, 0.5) is 11.4 Å². The van der Waals surface area contributed by atoms with Crippen LogP contribution in [-0.4, -0.2) is 37.5 Å². The number of carbonyl (C=O) groups excluding carboxylic acids is 1. The smallest absolute Gasteiger partial charge is 0.293 e. The zero-order chi connectivity index (χ0) is 12.3. The molecule has 0 N–H and O–H groups in total. The predicted octanol–water partition coefficient (Wildman–Crippen LogP) is 1.24. The Morgan fingerprint density at radius 3 is 2.65 bits per heavy atom. The van der Waals surface area contributed by atoms with E-state index in [4.69, 9.17) is 4.74 Å². The van der Waals surface area contributed by atoms with Gasteiger partial charge < -0.3 is 9.64 Å². The molecule has 0 amide bonds. The number of nitro groups is 1. The first-order valence-electron chi connectivity index (χ1n) is 5.29. The van der Waals surface area contributed by atoms with Crippen LogP contribution in [0.3, 0.4) is 0 Å². The fourth-order valence-electron chi connectivity index (χ4n) is 1.92. The summed E-state index contributed by atoms with van der Waals surface area (Å²) < 4.78 is 5.20. The van der Waals surface area contributed by atoms with Crippen molar-refractivity contribution in [2.24, 2.45) is 0 Å². The molecule has 1 fully saturated rings. The van der Waals surface area contributed by atoms with E-state index < -0.39 is 4.92 Å². The van der Waals surface area contributed by atoms with Crippen LogP contribution in [-0.2, 0) is 4.74 Å². The van der Waals surface area contributed by atoms with E-state index in [1.807, 2.05) is 4.90 Å². The predicted molar refractivity (Wildman–Crippen MR) is 61.5 cm³/mol. The van der Waals surface area contributed by atoms with Gasteiger partial charge in [0.1, 0.15) is 5.69 Å². The first kappa shape index (κ1) is 11.5. The average Bonchev–Trinajstić information content (AvgIpc) is 2.38. The molecule has 0 saturated carbocycles. The van der Waals surface area contributed by atoms with Crippen LogP contribution in [0, 0.1) is 10.1 Å². The summed E-state index contributed by atoms with van der Waals surface area (Å²) in [6, 6.07) is 4.52. The minimum atomic E-state index is -0.461. The minimum absolute atomic E-state index is 0.0310. The summed E-state index contributed by atoms with van der Waals surface area (Å²) in [6.07, 6.45) is 0.651. The Labute approximate surface area is 97.9 Å². The number of nitrogens with zero attached hydrogens (tertiary/aromatic N) is 2. The third-order valence-electron chi connectivity index (χ3n) is 2.70. The van der Waals surface area contributed by atoms with Crippen LogP contribution in [0.5, 0.6) is 0 Å². The van der Waals surface area contributed by atoms with Gasteiger partial charge in [-0.2, -0.15) is 0 Å². The Balaban J connectivity index is 2.47. The topological polar surface area (TPSA) is 72.7 Å². The largest absolute Gasteiger partial charge is 0.378 e. The number of hydrogen-bond acceptors (Lipinski definition) is 5. The van der Waals surface area contributed by atoms with E-state index in [2.05, 4.69) is 0 Å². The van der Waals surface area contributed by atoms with Crippen LogP contribution in [0.2, 0.25) is 0 Å². The number of hydrogen-bond donors (Lipinski definition) is 0. The highest BCUT2D eigenvalue weighted by Gasteiger charge is 2.24. The molecule has 6 heteroatoms. The van der Waals surface area contributed by atoms with Gasteiger partial charge in [-0.1, -0.05) is 6.07 Å². The van der Waals surface area contributed by atoms with Crippen LogP contribution >= 0.6 is 0 Å². The third-order valence-corrected chi connectivity index (χ3v) is 2.70. The number of anilines is 1. The molecule has 2 rings (SSSR count). The molecule has 6 nitrogen and oxygen atoms in total. The summed E-state index contributed by atoms with van der Waals surface area (Å²) in [7, 11) is 0. The monoisotopic (exact) mass is 236 g/mol. The summed E-state index contributed by atoms with van der Waals surface area (Å²) in [5.74, 6) is 0.